The number of nitrogens with two attached hydrogens (primary N) is 1. The van der Waals surface area contributed by atoms with Crippen LogP contribution in [-0.4, -0.2) is 25.2 Å². The molecule has 0 spiro atoms. The highest BCUT2D eigenvalue weighted by atomic mass is 16.5. The Morgan fingerprint density at radius 2 is 1.95 bits per heavy atom. The van der Waals surface area contributed by atoms with Gasteiger partial charge in [-0.25, -0.2) is 9.78 Å². The number of anilines is 1. The molecule has 0 atom stereocenters. The summed E-state index contributed by atoms with van der Waals surface area (Å²) in [5, 5.41) is 0. The zero-order valence-corrected chi connectivity index (χ0v) is 10.7. The minimum absolute atomic E-state index is 0.263. The number of carbonyl (C=O) groups excluding carboxylic acids is 1. The van der Waals surface area contributed by atoms with Gasteiger partial charge in [0.05, 0.1) is 19.8 Å². The first kappa shape index (κ1) is 12.9. The number of pyridine rings is 1. The third-order valence-electron chi connectivity index (χ3n) is 2.73. The van der Waals surface area contributed by atoms with Crippen molar-refractivity contribution in [3.63, 3.8) is 0 Å². The Kier molecular flexibility index (Phi) is 3.66. The van der Waals surface area contributed by atoms with Crippen molar-refractivity contribution in [2.75, 3.05) is 20.0 Å². The largest absolute Gasteiger partial charge is 0.496 e. The van der Waals surface area contributed by atoms with E-state index in [2.05, 4.69) is 4.98 Å². The molecule has 2 rings (SSSR count). The van der Waals surface area contributed by atoms with Gasteiger partial charge in [-0.2, -0.15) is 0 Å². The van der Waals surface area contributed by atoms with Gasteiger partial charge in [0.1, 0.15) is 11.6 Å². The van der Waals surface area contributed by atoms with Crippen LogP contribution in [0.1, 0.15) is 10.4 Å². The van der Waals surface area contributed by atoms with Crippen LogP contribution in [0.2, 0.25) is 0 Å². The van der Waals surface area contributed by atoms with Gasteiger partial charge in [0.15, 0.2) is 0 Å². The number of benzene rings is 1. The quantitative estimate of drug-likeness (QED) is 0.853. The number of hydrogen-bond donors (Lipinski definition) is 1. The summed E-state index contributed by atoms with van der Waals surface area (Å²) in [6, 6.07) is 8.86. The standard InChI is InChI=1S/C14H14N2O3/c1-18-12-6-4-3-5-9(12)11-8-16-13(15)7-10(11)14(17)19-2/h3-8H,1-2H3,(H2,15,16). The molecule has 98 valence electrons. The van der Waals surface area contributed by atoms with Gasteiger partial charge < -0.3 is 15.2 Å². The second kappa shape index (κ2) is 5.39. The summed E-state index contributed by atoms with van der Waals surface area (Å²) in [5.41, 5.74) is 7.36. The molecular weight excluding hydrogens is 244 g/mol. The van der Waals surface area contributed by atoms with Gasteiger partial charge in [-0.3, -0.25) is 0 Å². The molecule has 19 heavy (non-hydrogen) atoms. The van der Waals surface area contributed by atoms with E-state index >= 15 is 0 Å². The topological polar surface area (TPSA) is 74.4 Å². The van der Waals surface area contributed by atoms with Crippen molar-refractivity contribution in [3.05, 3.63) is 42.1 Å². The molecule has 0 fully saturated rings. The van der Waals surface area contributed by atoms with Crippen LogP contribution in [0.4, 0.5) is 5.82 Å². The normalized spacial score (nSPS) is 10.0. The molecule has 1 heterocycles. The highest BCUT2D eigenvalue weighted by molar-refractivity contribution is 5.98. The fourth-order valence-corrected chi connectivity index (χ4v) is 1.83. The van der Waals surface area contributed by atoms with Crippen LogP contribution < -0.4 is 10.5 Å². The fourth-order valence-electron chi connectivity index (χ4n) is 1.83. The van der Waals surface area contributed by atoms with E-state index in [1.54, 1.807) is 13.3 Å². The van der Waals surface area contributed by atoms with Gasteiger partial charge in [-0.05, 0) is 12.1 Å². The van der Waals surface area contributed by atoms with Crippen molar-refractivity contribution in [1.29, 1.82) is 0 Å². The fraction of sp³-hybridized carbons (Fsp3) is 0.143. The molecule has 2 N–H and O–H groups in total. The van der Waals surface area contributed by atoms with Gasteiger partial charge in [0.2, 0.25) is 0 Å². The van der Waals surface area contributed by atoms with Gasteiger partial charge in [-0.15, -0.1) is 0 Å². The number of methoxy groups -OCH3 is 2. The van der Waals surface area contributed by atoms with E-state index in [9.17, 15) is 4.79 Å². The van der Waals surface area contributed by atoms with Gasteiger partial charge in [0.25, 0.3) is 0 Å². The summed E-state index contributed by atoms with van der Waals surface area (Å²) in [5.74, 6) is 0.452. The Bertz CT molecular complexity index is 611. The molecule has 0 saturated heterocycles. The maximum atomic E-state index is 11.8. The van der Waals surface area contributed by atoms with Crippen molar-refractivity contribution in [1.82, 2.24) is 4.98 Å². The summed E-state index contributed by atoms with van der Waals surface area (Å²) < 4.78 is 10.1. The molecule has 0 saturated carbocycles. The van der Waals surface area contributed by atoms with E-state index in [1.165, 1.54) is 13.2 Å². The van der Waals surface area contributed by atoms with E-state index in [0.717, 1.165) is 5.56 Å². The average Bonchev–Trinajstić information content (AvgIpc) is 2.46. The number of nitrogens with zero attached hydrogens (tertiary/aromatic N) is 1. The summed E-state index contributed by atoms with van der Waals surface area (Å²) in [4.78, 5) is 15.8. The number of hydrogen-bond acceptors (Lipinski definition) is 5. The van der Waals surface area contributed by atoms with E-state index < -0.39 is 5.97 Å². The third-order valence-corrected chi connectivity index (χ3v) is 2.73. The molecule has 2 aromatic rings. The molecule has 0 bridgehead atoms. The molecule has 0 aliphatic heterocycles. The predicted molar refractivity (Wildman–Crippen MR) is 72.0 cm³/mol. The number of aromatic nitrogens is 1. The van der Waals surface area contributed by atoms with Crippen LogP contribution in [0.15, 0.2) is 36.5 Å². The molecule has 1 aromatic carbocycles. The number of ether oxygens (including phenoxy) is 2. The maximum absolute atomic E-state index is 11.8. The lowest BCUT2D eigenvalue weighted by molar-refractivity contribution is 0.0601. The third kappa shape index (κ3) is 2.49. The van der Waals surface area contributed by atoms with E-state index in [-0.39, 0.29) is 5.82 Å². The molecule has 0 radical (unpaired) electrons. The zero-order chi connectivity index (χ0) is 13.8. The SMILES string of the molecule is COC(=O)c1cc(N)ncc1-c1ccccc1OC. The predicted octanol–water partition coefficient (Wildman–Crippen LogP) is 2.13. The molecule has 0 aliphatic carbocycles. The number of nitrogen functional groups attached to an aromatic ring is 1. The van der Waals surface area contributed by atoms with Crippen LogP contribution >= 0.6 is 0 Å². The zero-order valence-electron chi connectivity index (χ0n) is 10.7. The molecule has 5 heteroatoms. The van der Waals surface area contributed by atoms with Crippen molar-refractivity contribution >= 4 is 11.8 Å². The van der Waals surface area contributed by atoms with Crippen LogP contribution in [0.25, 0.3) is 11.1 Å². The maximum Gasteiger partial charge on any atom is 0.338 e. The summed E-state index contributed by atoms with van der Waals surface area (Å²) in [6.45, 7) is 0. The minimum Gasteiger partial charge on any atom is -0.496 e. The summed E-state index contributed by atoms with van der Waals surface area (Å²) in [7, 11) is 2.90. The minimum atomic E-state index is -0.463. The number of rotatable bonds is 3. The smallest absolute Gasteiger partial charge is 0.338 e. The van der Waals surface area contributed by atoms with Crippen molar-refractivity contribution < 1.29 is 14.3 Å². The number of para-hydroxylation sites is 1. The van der Waals surface area contributed by atoms with Crippen LogP contribution in [0.5, 0.6) is 5.75 Å². The van der Waals surface area contributed by atoms with Gasteiger partial charge in [-0.1, -0.05) is 18.2 Å². The van der Waals surface area contributed by atoms with Crippen LogP contribution in [0.3, 0.4) is 0 Å². The molecule has 1 aromatic heterocycles. The average molecular weight is 258 g/mol. The first-order valence-corrected chi connectivity index (χ1v) is 5.64. The molecule has 5 nitrogen and oxygen atoms in total. The number of carbonyl (C=O) groups is 1. The molecule has 0 aliphatic rings. The second-order valence-corrected chi connectivity index (χ2v) is 3.85. The highest BCUT2D eigenvalue weighted by Gasteiger charge is 2.17. The lowest BCUT2D eigenvalue weighted by Crippen LogP contribution is -2.06. The Labute approximate surface area is 111 Å². The first-order chi connectivity index (χ1) is 9.17. The van der Waals surface area contributed by atoms with Crippen molar-refractivity contribution in [2.45, 2.75) is 0 Å². The lowest BCUT2D eigenvalue weighted by atomic mass is 10.0. The van der Waals surface area contributed by atoms with E-state index in [0.29, 0.717) is 16.9 Å². The Hall–Kier alpha value is -2.56. The summed E-state index contributed by atoms with van der Waals surface area (Å²) >= 11 is 0. The van der Waals surface area contributed by atoms with E-state index in [4.69, 9.17) is 15.2 Å². The van der Waals surface area contributed by atoms with Gasteiger partial charge in [0, 0.05) is 17.3 Å². The van der Waals surface area contributed by atoms with Gasteiger partial charge >= 0.3 is 5.97 Å². The molecule has 0 unspecified atom stereocenters. The first-order valence-electron chi connectivity index (χ1n) is 5.64. The lowest BCUT2D eigenvalue weighted by Gasteiger charge is -2.11. The highest BCUT2D eigenvalue weighted by Crippen LogP contribution is 2.32. The monoisotopic (exact) mass is 258 g/mol. The van der Waals surface area contributed by atoms with Crippen molar-refractivity contribution in [2.24, 2.45) is 0 Å². The molecular formula is C14H14N2O3. The number of esters is 1. The van der Waals surface area contributed by atoms with Crippen molar-refractivity contribution in [3.8, 4) is 16.9 Å². The Morgan fingerprint density at radius 3 is 2.63 bits per heavy atom. The van der Waals surface area contributed by atoms with E-state index in [1.807, 2.05) is 24.3 Å². The summed E-state index contributed by atoms with van der Waals surface area (Å²) in [6.07, 6.45) is 1.54. The Balaban J connectivity index is 2.65. The Morgan fingerprint density at radius 1 is 1.21 bits per heavy atom. The second-order valence-electron chi connectivity index (χ2n) is 3.85. The van der Waals surface area contributed by atoms with Crippen LogP contribution in [-0.2, 0) is 4.74 Å². The van der Waals surface area contributed by atoms with Crippen LogP contribution in [0, 0.1) is 0 Å². The molecule has 0 amide bonds.